The highest BCUT2D eigenvalue weighted by molar-refractivity contribution is 6.30. The molecule has 8 heteroatoms. The summed E-state index contributed by atoms with van der Waals surface area (Å²) in [6, 6.07) is 10.0. The van der Waals surface area contributed by atoms with E-state index in [0.29, 0.717) is 27.8 Å². The number of hydrogen-bond donors (Lipinski definition) is 1. The van der Waals surface area contributed by atoms with E-state index in [1.54, 1.807) is 36.4 Å². The van der Waals surface area contributed by atoms with Crippen LogP contribution in [0.25, 0.3) is 0 Å². The molecule has 2 aromatic carbocycles. The maximum absolute atomic E-state index is 11.8. The first-order valence-corrected chi connectivity index (χ1v) is 8.34. The normalized spacial score (nSPS) is 10.5. The number of esters is 1. The molecule has 1 amide bonds. The Morgan fingerprint density at radius 1 is 1.15 bits per heavy atom. The standard InChI is InChI=1S/C19H19ClN2O5/c1-12-8-15(20)5-7-16(12)26-11-19(24)22-21-10-14-4-6-17(27-13(2)23)18(9-14)25-3/h4-10H,11H2,1-3H3,(H,22,24). The van der Waals surface area contributed by atoms with E-state index in [0.717, 1.165) is 5.56 Å². The maximum Gasteiger partial charge on any atom is 0.308 e. The second kappa shape index (κ2) is 9.59. The number of hydrazone groups is 1. The first kappa shape index (κ1) is 20.3. The van der Waals surface area contributed by atoms with Crippen LogP contribution >= 0.6 is 11.6 Å². The number of carbonyl (C=O) groups excluding carboxylic acids is 2. The lowest BCUT2D eigenvalue weighted by Gasteiger charge is -2.09. The molecule has 0 radical (unpaired) electrons. The summed E-state index contributed by atoms with van der Waals surface area (Å²) in [6.45, 7) is 2.95. The Kier molecular flexibility index (Phi) is 7.19. The van der Waals surface area contributed by atoms with Gasteiger partial charge in [0.2, 0.25) is 0 Å². The second-order valence-electron chi connectivity index (χ2n) is 5.50. The third kappa shape index (κ3) is 6.31. The summed E-state index contributed by atoms with van der Waals surface area (Å²) < 4.78 is 15.6. The average Bonchev–Trinajstić information content (AvgIpc) is 2.61. The van der Waals surface area contributed by atoms with Crippen molar-refractivity contribution in [3.8, 4) is 17.2 Å². The molecule has 0 unspecified atom stereocenters. The second-order valence-corrected chi connectivity index (χ2v) is 5.93. The van der Waals surface area contributed by atoms with Crippen molar-refractivity contribution in [1.29, 1.82) is 0 Å². The predicted molar refractivity (Wildman–Crippen MR) is 102 cm³/mol. The van der Waals surface area contributed by atoms with Crippen molar-refractivity contribution >= 4 is 29.7 Å². The van der Waals surface area contributed by atoms with Crippen molar-refractivity contribution in [2.45, 2.75) is 13.8 Å². The first-order valence-electron chi connectivity index (χ1n) is 7.96. The van der Waals surface area contributed by atoms with Crippen LogP contribution < -0.4 is 19.6 Å². The summed E-state index contributed by atoms with van der Waals surface area (Å²) in [5, 5.41) is 4.47. The molecule has 2 rings (SSSR count). The van der Waals surface area contributed by atoms with Crippen molar-refractivity contribution in [3.05, 3.63) is 52.5 Å². The van der Waals surface area contributed by atoms with Crippen LogP contribution in [0, 0.1) is 6.92 Å². The molecular formula is C19H19ClN2O5. The van der Waals surface area contributed by atoms with Crippen LogP contribution in [0.1, 0.15) is 18.1 Å². The van der Waals surface area contributed by atoms with Gasteiger partial charge in [0.05, 0.1) is 13.3 Å². The summed E-state index contributed by atoms with van der Waals surface area (Å²) in [7, 11) is 1.46. The lowest BCUT2D eigenvalue weighted by atomic mass is 10.2. The molecule has 0 aromatic heterocycles. The number of carbonyl (C=O) groups is 2. The molecule has 0 fully saturated rings. The van der Waals surface area contributed by atoms with Gasteiger partial charge in [-0.2, -0.15) is 5.10 Å². The topological polar surface area (TPSA) is 86.2 Å². The monoisotopic (exact) mass is 390 g/mol. The summed E-state index contributed by atoms with van der Waals surface area (Å²) in [6.07, 6.45) is 1.44. The van der Waals surface area contributed by atoms with E-state index >= 15 is 0 Å². The fourth-order valence-corrected chi connectivity index (χ4v) is 2.36. The molecule has 0 bridgehead atoms. The lowest BCUT2D eigenvalue weighted by Crippen LogP contribution is -2.24. The zero-order chi connectivity index (χ0) is 19.8. The Bertz CT molecular complexity index is 867. The van der Waals surface area contributed by atoms with Crippen molar-refractivity contribution in [1.82, 2.24) is 5.43 Å². The van der Waals surface area contributed by atoms with Gasteiger partial charge in [-0.25, -0.2) is 5.43 Å². The van der Waals surface area contributed by atoms with E-state index in [4.69, 9.17) is 25.8 Å². The van der Waals surface area contributed by atoms with Gasteiger partial charge >= 0.3 is 5.97 Å². The first-order chi connectivity index (χ1) is 12.9. The van der Waals surface area contributed by atoms with Crippen molar-refractivity contribution in [2.75, 3.05) is 13.7 Å². The summed E-state index contributed by atoms with van der Waals surface area (Å²) >= 11 is 5.88. The van der Waals surface area contributed by atoms with E-state index in [1.165, 1.54) is 20.2 Å². The number of aryl methyl sites for hydroxylation is 1. The molecule has 0 saturated heterocycles. The number of hydrogen-bond acceptors (Lipinski definition) is 6. The Labute approximate surface area is 161 Å². The summed E-state index contributed by atoms with van der Waals surface area (Å²) in [5.74, 6) is 0.395. The highest BCUT2D eigenvalue weighted by Gasteiger charge is 2.08. The fraction of sp³-hybridized carbons (Fsp3) is 0.211. The summed E-state index contributed by atoms with van der Waals surface area (Å²) in [4.78, 5) is 22.9. The summed E-state index contributed by atoms with van der Waals surface area (Å²) in [5.41, 5.74) is 3.85. The molecule has 0 aliphatic rings. The van der Waals surface area contributed by atoms with E-state index in [2.05, 4.69) is 10.5 Å². The molecule has 0 spiro atoms. The molecule has 0 aliphatic heterocycles. The zero-order valence-electron chi connectivity index (χ0n) is 15.1. The fourth-order valence-electron chi connectivity index (χ4n) is 2.13. The van der Waals surface area contributed by atoms with Gasteiger partial charge in [0.1, 0.15) is 5.75 Å². The quantitative estimate of drug-likeness (QED) is 0.340. The van der Waals surface area contributed by atoms with Crippen molar-refractivity contribution < 1.29 is 23.8 Å². The SMILES string of the molecule is COc1cc(C=NNC(=O)COc2ccc(Cl)cc2C)ccc1OC(C)=O. The molecule has 1 N–H and O–H groups in total. The van der Waals surface area contributed by atoms with Gasteiger partial charge in [0.15, 0.2) is 18.1 Å². The van der Waals surface area contributed by atoms with Gasteiger partial charge in [-0.1, -0.05) is 11.6 Å². The Hall–Kier alpha value is -3.06. The molecule has 27 heavy (non-hydrogen) atoms. The highest BCUT2D eigenvalue weighted by atomic mass is 35.5. The van der Waals surface area contributed by atoms with Crippen molar-refractivity contribution in [2.24, 2.45) is 5.10 Å². The number of amides is 1. The largest absolute Gasteiger partial charge is 0.493 e. The molecule has 0 heterocycles. The number of rotatable bonds is 7. The molecule has 7 nitrogen and oxygen atoms in total. The third-order valence-corrected chi connectivity index (χ3v) is 3.58. The Balaban J connectivity index is 1.90. The minimum Gasteiger partial charge on any atom is -0.493 e. The lowest BCUT2D eigenvalue weighted by molar-refractivity contribution is -0.132. The number of methoxy groups -OCH3 is 1. The van der Waals surface area contributed by atoms with E-state index in [9.17, 15) is 9.59 Å². The Morgan fingerprint density at radius 3 is 2.56 bits per heavy atom. The van der Waals surface area contributed by atoms with Gasteiger partial charge < -0.3 is 14.2 Å². The van der Waals surface area contributed by atoms with Crippen molar-refractivity contribution in [3.63, 3.8) is 0 Å². The van der Waals surface area contributed by atoms with Crippen LogP contribution in [0.5, 0.6) is 17.2 Å². The molecule has 0 atom stereocenters. The predicted octanol–water partition coefficient (Wildman–Crippen LogP) is 3.11. The molecule has 2 aromatic rings. The number of halogens is 1. The van der Waals surface area contributed by atoms with Crippen LogP contribution in [0.15, 0.2) is 41.5 Å². The molecule has 0 aliphatic carbocycles. The van der Waals surface area contributed by atoms with Crippen LogP contribution in [0.3, 0.4) is 0 Å². The van der Waals surface area contributed by atoms with Crippen LogP contribution in [0.4, 0.5) is 0 Å². The van der Waals surface area contributed by atoms with E-state index in [-0.39, 0.29) is 6.61 Å². The maximum atomic E-state index is 11.8. The average molecular weight is 391 g/mol. The highest BCUT2D eigenvalue weighted by Crippen LogP contribution is 2.27. The van der Waals surface area contributed by atoms with E-state index < -0.39 is 11.9 Å². The van der Waals surface area contributed by atoms with Gasteiger partial charge in [-0.05, 0) is 54.4 Å². The van der Waals surface area contributed by atoms with Gasteiger partial charge in [0.25, 0.3) is 5.91 Å². The number of nitrogens with zero attached hydrogens (tertiary/aromatic N) is 1. The minimum absolute atomic E-state index is 0.186. The smallest absolute Gasteiger partial charge is 0.308 e. The van der Waals surface area contributed by atoms with Gasteiger partial charge in [-0.15, -0.1) is 0 Å². The van der Waals surface area contributed by atoms with Crippen LogP contribution in [-0.2, 0) is 9.59 Å². The number of nitrogens with one attached hydrogen (secondary N) is 1. The van der Waals surface area contributed by atoms with Gasteiger partial charge in [0, 0.05) is 11.9 Å². The molecule has 0 saturated carbocycles. The van der Waals surface area contributed by atoms with Gasteiger partial charge in [-0.3, -0.25) is 9.59 Å². The van der Waals surface area contributed by atoms with E-state index in [1.807, 2.05) is 6.92 Å². The zero-order valence-corrected chi connectivity index (χ0v) is 15.9. The number of ether oxygens (including phenoxy) is 3. The molecule has 142 valence electrons. The molecular weight excluding hydrogens is 372 g/mol. The third-order valence-electron chi connectivity index (χ3n) is 3.34. The van der Waals surface area contributed by atoms with Crippen LogP contribution in [0.2, 0.25) is 5.02 Å². The minimum atomic E-state index is -0.446. The number of benzene rings is 2. The Morgan fingerprint density at radius 2 is 1.89 bits per heavy atom. The van der Waals surface area contributed by atoms with Crippen LogP contribution in [-0.4, -0.2) is 31.8 Å².